The number of benzene rings is 1. The normalized spacial score (nSPS) is 13.0. The van der Waals surface area contributed by atoms with Crippen LogP contribution in [0.1, 0.15) is 51.5 Å². The lowest BCUT2D eigenvalue weighted by molar-refractivity contribution is -0.154. The van der Waals surface area contributed by atoms with E-state index < -0.39 is 5.41 Å². The molecule has 0 saturated carbocycles. The predicted molar refractivity (Wildman–Crippen MR) is 80.5 cm³/mol. The Kier molecular flexibility index (Phi) is 6.73. The molecule has 20 heavy (non-hydrogen) atoms. The summed E-state index contributed by atoms with van der Waals surface area (Å²) in [7, 11) is 0. The number of esters is 1. The molecule has 0 amide bonds. The summed E-state index contributed by atoms with van der Waals surface area (Å²) in [5.41, 5.74) is 0.762. The van der Waals surface area contributed by atoms with Crippen molar-refractivity contribution in [2.45, 2.75) is 46.0 Å². The van der Waals surface area contributed by atoms with Gasteiger partial charge in [-0.3, -0.25) is 4.79 Å². The molecule has 0 heterocycles. The van der Waals surface area contributed by atoms with Crippen LogP contribution in [-0.2, 0) is 9.53 Å². The SMILES string of the molecule is CCC(CC(C)(C)C(=O)OCCCO)c1ccccc1. The van der Waals surface area contributed by atoms with E-state index in [2.05, 4.69) is 19.1 Å². The summed E-state index contributed by atoms with van der Waals surface area (Å²) in [6.45, 7) is 6.35. The van der Waals surface area contributed by atoms with E-state index in [4.69, 9.17) is 9.84 Å². The maximum absolute atomic E-state index is 12.1. The number of aliphatic hydroxyl groups is 1. The molecule has 0 radical (unpaired) electrons. The Morgan fingerprint density at radius 3 is 2.50 bits per heavy atom. The van der Waals surface area contributed by atoms with E-state index in [1.165, 1.54) is 5.56 Å². The minimum Gasteiger partial charge on any atom is -0.465 e. The zero-order valence-corrected chi connectivity index (χ0v) is 12.8. The largest absolute Gasteiger partial charge is 0.465 e. The van der Waals surface area contributed by atoms with Crippen molar-refractivity contribution in [3.8, 4) is 0 Å². The number of carbonyl (C=O) groups is 1. The molecule has 1 aromatic carbocycles. The molecule has 1 unspecified atom stereocenters. The van der Waals surface area contributed by atoms with Crippen molar-refractivity contribution in [3.05, 3.63) is 35.9 Å². The summed E-state index contributed by atoms with van der Waals surface area (Å²) in [5, 5.41) is 8.72. The van der Waals surface area contributed by atoms with Gasteiger partial charge in [-0.25, -0.2) is 0 Å². The van der Waals surface area contributed by atoms with Gasteiger partial charge >= 0.3 is 5.97 Å². The minimum absolute atomic E-state index is 0.0509. The van der Waals surface area contributed by atoms with Crippen LogP contribution in [0.15, 0.2) is 30.3 Å². The first-order valence-corrected chi connectivity index (χ1v) is 7.34. The summed E-state index contributed by atoms with van der Waals surface area (Å²) in [4.78, 5) is 12.1. The summed E-state index contributed by atoms with van der Waals surface area (Å²) in [6.07, 6.45) is 2.26. The second-order valence-corrected chi connectivity index (χ2v) is 5.82. The molecular formula is C17H26O3. The van der Waals surface area contributed by atoms with Gasteiger partial charge in [-0.1, -0.05) is 37.3 Å². The summed E-state index contributed by atoms with van der Waals surface area (Å²) in [6, 6.07) is 10.3. The lowest BCUT2D eigenvalue weighted by Crippen LogP contribution is -2.29. The monoisotopic (exact) mass is 278 g/mol. The zero-order chi connectivity index (χ0) is 15.0. The van der Waals surface area contributed by atoms with E-state index >= 15 is 0 Å². The molecule has 0 aliphatic carbocycles. The predicted octanol–water partition coefficient (Wildman–Crippen LogP) is 3.52. The molecule has 0 aliphatic heterocycles. The van der Waals surface area contributed by atoms with Crippen molar-refractivity contribution in [2.75, 3.05) is 13.2 Å². The molecule has 0 aliphatic rings. The molecular weight excluding hydrogens is 252 g/mol. The molecule has 1 N–H and O–H groups in total. The lowest BCUT2D eigenvalue weighted by atomic mass is 9.79. The molecule has 0 saturated heterocycles. The summed E-state index contributed by atoms with van der Waals surface area (Å²) in [5.74, 6) is 0.178. The van der Waals surface area contributed by atoms with Crippen LogP contribution in [0.2, 0.25) is 0 Å². The second-order valence-electron chi connectivity index (χ2n) is 5.82. The van der Waals surface area contributed by atoms with Crippen LogP contribution < -0.4 is 0 Å². The molecule has 0 bridgehead atoms. The van der Waals surface area contributed by atoms with Crippen molar-refractivity contribution in [2.24, 2.45) is 5.41 Å². The van der Waals surface area contributed by atoms with Crippen molar-refractivity contribution in [1.82, 2.24) is 0 Å². The van der Waals surface area contributed by atoms with Crippen LogP contribution >= 0.6 is 0 Å². The Labute approximate surface area is 122 Å². The Balaban J connectivity index is 2.65. The van der Waals surface area contributed by atoms with E-state index in [1.807, 2.05) is 32.0 Å². The molecule has 3 nitrogen and oxygen atoms in total. The molecule has 3 heteroatoms. The molecule has 0 spiro atoms. The first-order chi connectivity index (χ1) is 9.51. The van der Waals surface area contributed by atoms with Crippen LogP contribution in [0.3, 0.4) is 0 Å². The third-order valence-electron chi connectivity index (χ3n) is 3.61. The number of rotatable bonds is 8. The van der Waals surface area contributed by atoms with Crippen molar-refractivity contribution in [3.63, 3.8) is 0 Å². The number of carbonyl (C=O) groups excluding carboxylic acids is 1. The van der Waals surface area contributed by atoms with Crippen molar-refractivity contribution >= 4 is 5.97 Å². The van der Waals surface area contributed by atoms with E-state index in [-0.39, 0.29) is 12.6 Å². The molecule has 1 aromatic rings. The van der Waals surface area contributed by atoms with Crippen LogP contribution in [0.25, 0.3) is 0 Å². The molecule has 112 valence electrons. The topological polar surface area (TPSA) is 46.5 Å². The lowest BCUT2D eigenvalue weighted by Gasteiger charge is -2.27. The molecule has 0 fully saturated rings. The van der Waals surface area contributed by atoms with Crippen LogP contribution in [-0.4, -0.2) is 24.3 Å². The number of hydrogen-bond acceptors (Lipinski definition) is 3. The fraction of sp³-hybridized carbons (Fsp3) is 0.588. The maximum atomic E-state index is 12.1. The summed E-state index contributed by atoms with van der Waals surface area (Å²) < 4.78 is 5.23. The summed E-state index contributed by atoms with van der Waals surface area (Å²) >= 11 is 0. The quantitative estimate of drug-likeness (QED) is 0.584. The maximum Gasteiger partial charge on any atom is 0.311 e. The highest BCUT2D eigenvalue weighted by Gasteiger charge is 2.32. The highest BCUT2D eigenvalue weighted by Crippen LogP contribution is 2.34. The second kappa shape index (κ2) is 8.05. The average molecular weight is 278 g/mol. The fourth-order valence-electron chi connectivity index (χ4n) is 2.35. The minimum atomic E-state index is -0.508. The van der Waals surface area contributed by atoms with E-state index in [1.54, 1.807) is 0 Å². The van der Waals surface area contributed by atoms with Gasteiger partial charge in [0.25, 0.3) is 0 Å². The smallest absolute Gasteiger partial charge is 0.311 e. The standard InChI is InChI=1S/C17H26O3/c1-4-14(15-9-6-5-7-10-15)13-17(2,3)16(19)20-12-8-11-18/h5-7,9-10,14,18H,4,8,11-13H2,1-3H3. The molecule has 0 aromatic heterocycles. The van der Waals surface area contributed by atoms with Gasteiger partial charge in [0.05, 0.1) is 12.0 Å². The van der Waals surface area contributed by atoms with Gasteiger partial charge in [-0.05, 0) is 38.2 Å². The highest BCUT2D eigenvalue weighted by molar-refractivity contribution is 5.76. The number of ether oxygens (including phenoxy) is 1. The Morgan fingerprint density at radius 1 is 1.30 bits per heavy atom. The first-order valence-electron chi connectivity index (χ1n) is 7.34. The third-order valence-corrected chi connectivity index (χ3v) is 3.61. The van der Waals surface area contributed by atoms with Gasteiger partial charge in [0.1, 0.15) is 0 Å². The number of aliphatic hydroxyl groups excluding tert-OH is 1. The van der Waals surface area contributed by atoms with E-state index in [0.717, 1.165) is 12.8 Å². The third kappa shape index (κ3) is 4.97. The van der Waals surface area contributed by atoms with Gasteiger partial charge in [0, 0.05) is 13.0 Å². The van der Waals surface area contributed by atoms with Gasteiger partial charge < -0.3 is 9.84 Å². The van der Waals surface area contributed by atoms with E-state index in [0.29, 0.717) is 18.9 Å². The van der Waals surface area contributed by atoms with E-state index in [9.17, 15) is 4.79 Å². The first kappa shape index (κ1) is 16.7. The van der Waals surface area contributed by atoms with Crippen LogP contribution in [0.4, 0.5) is 0 Å². The zero-order valence-electron chi connectivity index (χ0n) is 12.8. The van der Waals surface area contributed by atoms with Crippen molar-refractivity contribution in [1.29, 1.82) is 0 Å². The number of hydrogen-bond donors (Lipinski definition) is 1. The van der Waals surface area contributed by atoms with Gasteiger partial charge in [0.15, 0.2) is 0 Å². The van der Waals surface area contributed by atoms with Gasteiger partial charge in [-0.15, -0.1) is 0 Å². The Hall–Kier alpha value is -1.35. The van der Waals surface area contributed by atoms with Crippen molar-refractivity contribution < 1.29 is 14.6 Å². The Bertz CT molecular complexity index is 398. The highest BCUT2D eigenvalue weighted by atomic mass is 16.5. The molecule has 1 rings (SSSR count). The molecule has 1 atom stereocenters. The van der Waals surface area contributed by atoms with Gasteiger partial charge in [-0.2, -0.15) is 0 Å². The Morgan fingerprint density at radius 2 is 1.95 bits per heavy atom. The average Bonchev–Trinajstić information content (AvgIpc) is 2.45. The van der Waals surface area contributed by atoms with Gasteiger partial charge in [0.2, 0.25) is 0 Å². The van der Waals surface area contributed by atoms with Crippen LogP contribution in [0, 0.1) is 5.41 Å². The fourth-order valence-corrected chi connectivity index (χ4v) is 2.35. The van der Waals surface area contributed by atoms with Crippen LogP contribution in [0.5, 0.6) is 0 Å².